The minimum Gasteiger partial charge on any atom is -0.292 e. The first kappa shape index (κ1) is 27.5. The molecule has 0 aliphatic carbocycles. The molecule has 5 heteroatoms. The molecule has 0 bridgehead atoms. The SMILES string of the molecule is C[Si]1(C)c2cc(-c3nc4ccccc4n3-c3ccccc3)ccc2C=Cc2ccc(-c3nc4ccccc4n3-c3ccccc3)cc21. The Bertz CT molecular complexity index is 2310. The van der Waals surface area contributed by atoms with Crippen LogP contribution in [0.3, 0.4) is 0 Å². The smallest absolute Gasteiger partial charge is 0.145 e. The van der Waals surface area contributed by atoms with E-state index in [1.165, 1.54) is 21.5 Å². The van der Waals surface area contributed by atoms with E-state index in [1.807, 2.05) is 0 Å². The fraction of sp³-hybridized carbons (Fsp3) is 0.0476. The van der Waals surface area contributed by atoms with Gasteiger partial charge in [0.05, 0.1) is 22.1 Å². The van der Waals surface area contributed by atoms with Gasteiger partial charge in [0.25, 0.3) is 0 Å². The topological polar surface area (TPSA) is 35.6 Å². The van der Waals surface area contributed by atoms with Crippen LogP contribution in [0, 0.1) is 0 Å². The molecule has 224 valence electrons. The molecule has 0 spiro atoms. The largest absolute Gasteiger partial charge is 0.292 e. The van der Waals surface area contributed by atoms with Crippen LogP contribution >= 0.6 is 0 Å². The standard InChI is InChI=1S/C42H32N4Si/c1-47(2)39-27-31(41-43-35-17-9-11-19-37(35)45(41)33-13-5-3-6-14-33)25-23-29(39)21-22-30-24-26-32(28-40(30)47)42-44-36-18-10-12-20-38(36)46(42)34-15-7-4-8-16-34/h3-28H,1-2H3. The van der Waals surface area contributed by atoms with Gasteiger partial charge in [0, 0.05) is 22.5 Å². The summed E-state index contributed by atoms with van der Waals surface area (Å²) in [6.45, 7) is 4.96. The van der Waals surface area contributed by atoms with Crippen molar-refractivity contribution in [1.29, 1.82) is 0 Å². The highest BCUT2D eigenvalue weighted by atomic mass is 28.3. The Morgan fingerprint density at radius 1 is 0.447 bits per heavy atom. The highest BCUT2D eigenvalue weighted by Gasteiger charge is 2.33. The maximum atomic E-state index is 5.19. The maximum absolute atomic E-state index is 5.19. The first-order valence-corrected chi connectivity index (χ1v) is 19.1. The van der Waals surface area contributed by atoms with Crippen LogP contribution in [0.5, 0.6) is 0 Å². The Balaban J connectivity index is 1.21. The zero-order valence-corrected chi connectivity index (χ0v) is 27.3. The van der Waals surface area contributed by atoms with E-state index in [9.17, 15) is 0 Å². The number of nitrogens with zero attached hydrogens (tertiary/aromatic N) is 4. The first-order chi connectivity index (χ1) is 23.1. The number of hydrogen-bond donors (Lipinski definition) is 0. The monoisotopic (exact) mass is 620 g/mol. The normalized spacial score (nSPS) is 13.4. The van der Waals surface area contributed by atoms with Crippen LogP contribution in [0.1, 0.15) is 11.1 Å². The number of para-hydroxylation sites is 6. The van der Waals surface area contributed by atoms with E-state index in [1.54, 1.807) is 0 Å². The van der Waals surface area contributed by atoms with Crippen LogP contribution in [0.15, 0.2) is 146 Å². The molecule has 0 N–H and O–H groups in total. The second-order valence-electron chi connectivity index (χ2n) is 12.8. The van der Waals surface area contributed by atoms with Crippen molar-refractivity contribution in [3.05, 3.63) is 157 Å². The third-order valence-corrected chi connectivity index (χ3v) is 13.1. The Morgan fingerprint density at radius 3 is 1.30 bits per heavy atom. The summed E-state index contributed by atoms with van der Waals surface area (Å²) in [5, 5.41) is 2.82. The molecule has 0 saturated heterocycles. The van der Waals surface area contributed by atoms with E-state index < -0.39 is 8.07 Å². The molecular formula is C42H32N4Si. The zero-order valence-electron chi connectivity index (χ0n) is 26.3. The van der Waals surface area contributed by atoms with Gasteiger partial charge in [-0.05, 0) is 70.0 Å². The molecule has 0 saturated carbocycles. The predicted octanol–water partition coefficient (Wildman–Crippen LogP) is 9.00. The molecule has 1 aliphatic rings. The molecular weight excluding hydrogens is 589 g/mol. The van der Waals surface area contributed by atoms with Crippen LogP contribution in [-0.2, 0) is 0 Å². The van der Waals surface area contributed by atoms with Gasteiger partial charge in [0.1, 0.15) is 19.7 Å². The van der Waals surface area contributed by atoms with Gasteiger partial charge in [-0.15, -0.1) is 0 Å². The summed E-state index contributed by atoms with van der Waals surface area (Å²) in [4.78, 5) is 10.4. The van der Waals surface area contributed by atoms with Crippen molar-refractivity contribution >= 4 is 52.7 Å². The lowest BCUT2D eigenvalue weighted by Gasteiger charge is -2.27. The van der Waals surface area contributed by atoms with Crippen LogP contribution in [0.2, 0.25) is 13.1 Å². The van der Waals surface area contributed by atoms with Gasteiger partial charge in [-0.1, -0.05) is 122 Å². The molecule has 47 heavy (non-hydrogen) atoms. The Labute approximate surface area is 275 Å². The van der Waals surface area contributed by atoms with E-state index in [4.69, 9.17) is 9.97 Å². The molecule has 8 aromatic rings. The van der Waals surface area contributed by atoms with Crippen molar-refractivity contribution in [3.8, 4) is 34.2 Å². The van der Waals surface area contributed by atoms with Gasteiger partial charge >= 0.3 is 0 Å². The third-order valence-electron chi connectivity index (χ3n) is 9.56. The zero-order chi connectivity index (χ0) is 31.5. The third kappa shape index (κ3) is 4.42. The van der Waals surface area contributed by atoms with E-state index in [0.717, 1.165) is 56.2 Å². The van der Waals surface area contributed by atoms with Crippen molar-refractivity contribution in [2.24, 2.45) is 0 Å². The lowest BCUT2D eigenvalue weighted by molar-refractivity contribution is 1.10. The lowest BCUT2D eigenvalue weighted by atomic mass is 10.1. The second-order valence-corrected chi connectivity index (χ2v) is 17.1. The van der Waals surface area contributed by atoms with Gasteiger partial charge in [0.15, 0.2) is 0 Å². The minimum absolute atomic E-state index is 0.962. The van der Waals surface area contributed by atoms with E-state index in [0.29, 0.717) is 0 Å². The van der Waals surface area contributed by atoms with Crippen LogP contribution in [0.4, 0.5) is 0 Å². The first-order valence-electron chi connectivity index (χ1n) is 16.1. The molecule has 0 radical (unpaired) electrons. The van der Waals surface area contributed by atoms with E-state index >= 15 is 0 Å². The highest BCUT2D eigenvalue weighted by Crippen LogP contribution is 2.32. The summed E-state index contributed by atoms with van der Waals surface area (Å²) >= 11 is 0. The van der Waals surface area contributed by atoms with Gasteiger partial charge < -0.3 is 0 Å². The molecule has 0 unspecified atom stereocenters. The van der Waals surface area contributed by atoms with Crippen molar-refractivity contribution in [2.45, 2.75) is 13.1 Å². The molecule has 0 fully saturated rings. The number of hydrogen-bond acceptors (Lipinski definition) is 2. The maximum Gasteiger partial charge on any atom is 0.145 e. The van der Waals surface area contributed by atoms with Gasteiger partial charge in [0.2, 0.25) is 0 Å². The van der Waals surface area contributed by atoms with Crippen LogP contribution in [-0.4, -0.2) is 27.2 Å². The average molecular weight is 621 g/mol. The van der Waals surface area contributed by atoms with Crippen molar-refractivity contribution in [2.75, 3.05) is 0 Å². The summed E-state index contributed by atoms with van der Waals surface area (Å²) < 4.78 is 4.58. The van der Waals surface area contributed by atoms with Gasteiger partial charge in [-0.25, -0.2) is 9.97 Å². The van der Waals surface area contributed by atoms with E-state index in [-0.39, 0.29) is 0 Å². The Hall–Kier alpha value is -5.78. The fourth-order valence-corrected chi connectivity index (χ4v) is 10.3. The van der Waals surface area contributed by atoms with Crippen molar-refractivity contribution < 1.29 is 0 Å². The molecule has 9 rings (SSSR count). The summed E-state index contributed by atoms with van der Waals surface area (Å²) in [5.74, 6) is 1.92. The Kier molecular flexibility index (Phi) is 6.23. The quantitative estimate of drug-likeness (QED) is 0.184. The van der Waals surface area contributed by atoms with Crippen LogP contribution in [0.25, 0.3) is 68.4 Å². The predicted molar refractivity (Wildman–Crippen MR) is 199 cm³/mol. The number of fused-ring (bicyclic) bond motifs is 4. The van der Waals surface area contributed by atoms with Gasteiger partial charge in [-0.3, -0.25) is 9.13 Å². The highest BCUT2D eigenvalue weighted by molar-refractivity contribution is 7.01. The molecule has 0 amide bonds. The fourth-order valence-electron chi connectivity index (χ4n) is 7.20. The summed E-state index contributed by atoms with van der Waals surface area (Å²) in [5.41, 5.74) is 11.2. The van der Waals surface area contributed by atoms with Crippen LogP contribution < -0.4 is 10.4 Å². The number of aromatic nitrogens is 4. The van der Waals surface area contributed by atoms with Crippen molar-refractivity contribution in [1.82, 2.24) is 19.1 Å². The number of benzene rings is 6. The summed E-state index contributed by atoms with van der Waals surface area (Å²) in [6.07, 6.45) is 4.58. The molecule has 4 nitrogen and oxygen atoms in total. The summed E-state index contributed by atoms with van der Waals surface area (Å²) in [7, 11) is -2.22. The molecule has 1 aliphatic heterocycles. The summed E-state index contributed by atoms with van der Waals surface area (Å²) in [6, 6.07) is 51.8. The van der Waals surface area contributed by atoms with Crippen molar-refractivity contribution in [3.63, 3.8) is 0 Å². The number of imidazole rings is 2. The second kappa shape index (κ2) is 10.6. The number of rotatable bonds is 4. The lowest BCUT2D eigenvalue weighted by Crippen LogP contribution is -2.54. The van der Waals surface area contributed by atoms with Gasteiger partial charge in [-0.2, -0.15) is 0 Å². The molecule has 3 heterocycles. The minimum atomic E-state index is -2.22. The molecule has 6 aromatic carbocycles. The Morgan fingerprint density at radius 2 is 0.851 bits per heavy atom. The molecule has 0 atom stereocenters. The molecule has 2 aromatic heterocycles. The van der Waals surface area contributed by atoms with E-state index in [2.05, 4.69) is 180 Å². The average Bonchev–Trinajstić information content (AvgIpc) is 3.68.